The first-order chi connectivity index (χ1) is 8.29. The van der Waals surface area contributed by atoms with Crippen molar-refractivity contribution in [3.63, 3.8) is 0 Å². The fourth-order valence-corrected chi connectivity index (χ4v) is 1.67. The Labute approximate surface area is 101 Å². The number of nitrogens with zero attached hydrogens (tertiary/aromatic N) is 2. The van der Waals surface area contributed by atoms with Crippen LogP contribution in [0.5, 0.6) is 0 Å². The maximum Gasteiger partial charge on any atom is 0.127 e. The van der Waals surface area contributed by atoms with E-state index in [0.717, 1.165) is 17.1 Å². The lowest BCUT2D eigenvalue weighted by molar-refractivity contribution is 0.299. The molecule has 4 nitrogen and oxygen atoms in total. The molecule has 0 atom stereocenters. The quantitative estimate of drug-likeness (QED) is 0.821. The molecule has 1 heterocycles. The Morgan fingerprint density at radius 1 is 1.29 bits per heavy atom. The van der Waals surface area contributed by atoms with Gasteiger partial charge in [0.15, 0.2) is 0 Å². The minimum Gasteiger partial charge on any atom is -0.396 e. The van der Waals surface area contributed by atoms with Crippen LogP contribution in [-0.2, 0) is 20.0 Å². The molecule has 0 unspecified atom stereocenters. The normalized spacial score (nSPS) is 10.5. The van der Waals surface area contributed by atoms with Gasteiger partial charge in [-0.15, -0.1) is 0 Å². The van der Waals surface area contributed by atoms with Crippen molar-refractivity contribution < 1.29 is 5.11 Å². The van der Waals surface area contributed by atoms with Crippen molar-refractivity contribution in [1.29, 1.82) is 0 Å². The van der Waals surface area contributed by atoms with Gasteiger partial charge in [-0.05, 0) is 24.1 Å². The van der Waals surface area contributed by atoms with Crippen molar-refractivity contribution in [2.45, 2.75) is 13.0 Å². The second-order valence-corrected chi connectivity index (χ2v) is 3.98. The van der Waals surface area contributed by atoms with Gasteiger partial charge in [0.05, 0.1) is 6.54 Å². The van der Waals surface area contributed by atoms with Crippen molar-refractivity contribution >= 4 is 5.69 Å². The van der Waals surface area contributed by atoms with E-state index in [1.807, 2.05) is 42.1 Å². The molecule has 0 radical (unpaired) electrons. The van der Waals surface area contributed by atoms with E-state index in [1.54, 1.807) is 6.20 Å². The number of rotatable bonds is 5. The van der Waals surface area contributed by atoms with Crippen LogP contribution >= 0.6 is 0 Å². The van der Waals surface area contributed by atoms with Crippen LogP contribution in [0.4, 0.5) is 5.69 Å². The highest BCUT2D eigenvalue weighted by atomic mass is 16.2. The summed E-state index contributed by atoms with van der Waals surface area (Å²) in [5.74, 6) is 1.00. The summed E-state index contributed by atoms with van der Waals surface area (Å²) in [6.45, 7) is 0.906. The molecule has 0 spiro atoms. The molecule has 17 heavy (non-hydrogen) atoms. The topological polar surface area (TPSA) is 50.1 Å². The second-order valence-electron chi connectivity index (χ2n) is 3.98. The average Bonchev–Trinajstić information content (AvgIpc) is 2.75. The van der Waals surface area contributed by atoms with Gasteiger partial charge in [0.1, 0.15) is 5.82 Å². The van der Waals surface area contributed by atoms with Gasteiger partial charge >= 0.3 is 0 Å². The zero-order valence-corrected chi connectivity index (χ0v) is 9.93. The Hall–Kier alpha value is -1.81. The molecule has 0 aliphatic heterocycles. The summed E-state index contributed by atoms with van der Waals surface area (Å²) in [6, 6.07) is 8.09. The summed E-state index contributed by atoms with van der Waals surface area (Å²) >= 11 is 0. The van der Waals surface area contributed by atoms with Crippen LogP contribution in [0.1, 0.15) is 11.4 Å². The molecule has 2 rings (SSSR count). The lowest BCUT2D eigenvalue weighted by atomic mass is 10.1. The number of aliphatic hydroxyl groups is 1. The lowest BCUT2D eigenvalue weighted by Gasteiger charge is -2.07. The van der Waals surface area contributed by atoms with Gasteiger partial charge in [-0.25, -0.2) is 4.98 Å². The monoisotopic (exact) mass is 231 g/mol. The molecule has 0 aliphatic rings. The van der Waals surface area contributed by atoms with Crippen LogP contribution < -0.4 is 5.32 Å². The van der Waals surface area contributed by atoms with E-state index in [1.165, 1.54) is 0 Å². The summed E-state index contributed by atoms with van der Waals surface area (Å²) in [7, 11) is 1.98. The van der Waals surface area contributed by atoms with E-state index in [9.17, 15) is 0 Å². The third-order valence-electron chi connectivity index (χ3n) is 2.73. The summed E-state index contributed by atoms with van der Waals surface area (Å²) in [5, 5.41) is 12.1. The van der Waals surface area contributed by atoms with Crippen LogP contribution in [0.15, 0.2) is 36.7 Å². The van der Waals surface area contributed by atoms with Gasteiger partial charge in [0.2, 0.25) is 0 Å². The minimum absolute atomic E-state index is 0.194. The van der Waals surface area contributed by atoms with Gasteiger partial charge < -0.3 is 15.0 Å². The van der Waals surface area contributed by atoms with Crippen molar-refractivity contribution in [3.8, 4) is 0 Å². The third-order valence-corrected chi connectivity index (χ3v) is 2.73. The van der Waals surface area contributed by atoms with Gasteiger partial charge in [-0.1, -0.05) is 12.1 Å². The number of aliphatic hydroxyl groups excluding tert-OH is 1. The van der Waals surface area contributed by atoms with E-state index in [-0.39, 0.29) is 6.61 Å². The largest absolute Gasteiger partial charge is 0.396 e. The van der Waals surface area contributed by atoms with Crippen molar-refractivity contribution in [3.05, 3.63) is 48.0 Å². The van der Waals surface area contributed by atoms with Crippen molar-refractivity contribution in [2.75, 3.05) is 11.9 Å². The maximum atomic E-state index is 8.82. The molecular formula is C13H17N3O. The molecular weight excluding hydrogens is 214 g/mol. The average molecular weight is 231 g/mol. The number of hydrogen-bond acceptors (Lipinski definition) is 3. The standard InChI is InChI=1S/C13H17N3O/c1-16-8-7-14-13(16)10-15-12-4-2-11(3-5-12)6-9-17/h2-5,7-8,15,17H,6,9-10H2,1H3. The summed E-state index contributed by atoms with van der Waals surface area (Å²) in [5.41, 5.74) is 2.21. The van der Waals surface area contributed by atoms with Crippen LogP contribution in [0.25, 0.3) is 0 Å². The highest BCUT2D eigenvalue weighted by Gasteiger charge is 1.99. The first-order valence-electron chi connectivity index (χ1n) is 5.69. The molecule has 0 aliphatic carbocycles. The summed E-state index contributed by atoms with van der Waals surface area (Å²) in [4.78, 5) is 4.25. The number of imidazole rings is 1. The lowest BCUT2D eigenvalue weighted by Crippen LogP contribution is -2.05. The number of anilines is 1. The molecule has 1 aromatic heterocycles. The maximum absolute atomic E-state index is 8.82. The van der Waals surface area contributed by atoms with Crippen LogP contribution in [-0.4, -0.2) is 21.3 Å². The summed E-state index contributed by atoms with van der Waals surface area (Å²) < 4.78 is 1.99. The molecule has 2 aromatic rings. The third kappa shape index (κ3) is 3.07. The van der Waals surface area contributed by atoms with Gasteiger partial charge in [0, 0.05) is 31.7 Å². The molecule has 0 saturated carbocycles. The Bertz CT molecular complexity index is 462. The Kier molecular flexibility index (Phi) is 3.77. The van der Waals surface area contributed by atoms with E-state index < -0.39 is 0 Å². The number of benzene rings is 1. The highest BCUT2D eigenvalue weighted by Crippen LogP contribution is 2.11. The molecule has 0 bridgehead atoms. The number of aromatic nitrogens is 2. The van der Waals surface area contributed by atoms with E-state index in [0.29, 0.717) is 13.0 Å². The fourth-order valence-electron chi connectivity index (χ4n) is 1.67. The Balaban J connectivity index is 1.93. The molecule has 90 valence electrons. The van der Waals surface area contributed by atoms with Crippen molar-refractivity contribution in [1.82, 2.24) is 9.55 Å². The molecule has 0 saturated heterocycles. The SMILES string of the molecule is Cn1ccnc1CNc1ccc(CCO)cc1. The predicted octanol–water partition coefficient (Wildman–Crippen LogP) is 1.57. The van der Waals surface area contributed by atoms with E-state index in [4.69, 9.17) is 5.11 Å². The zero-order chi connectivity index (χ0) is 12.1. The second kappa shape index (κ2) is 5.50. The first kappa shape index (κ1) is 11.7. The van der Waals surface area contributed by atoms with E-state index in [2.05, 4.69) is 10.3 Å². The Morgan fingerprint density at radius 3 is 2.65 bits per heavy atom. The van der Waals surface area contributed by atoms with Gasteiger partial charge in [-0.3, -0.25) is 0 Å². The molecule has 0 amide bonds. The Morgan fingerprint density at radius 2 is 2.06 bits per heavy atom. The minimum atomic E-state index is 0.194. The predicted molar refractivity (Wildman–Crippen MR) is 67.8 cm³/mol. The van der Waals surface area contributed by atoms with Gasteiger partial charge in [0.25, 0.3) is 0 Å². The van der Waals surface area contributed by atoms with Gasteiger partial charge in [-0.2, -0.15) is 0 Å². The molecule has 4 heteroatoms. The molecule has 1 aromatic carbocycles. The molecule has 0 fully saturated rings. The number of hydrogen-bond donors (Lipinski definition) is 2. The first-order valence-corrected chi connectivity index (χ1v) is 5.69. The number of nitrogens with one attached hydrogen (secondary N) is 1. The fraction of sp³-hybridized carbons (Fsp3) is 0.308. The smallest absolute Gasteiger partial charge is 0.127 e. The number of aryl methyl sites for hydroxylation is 1. The van der Waals surface area contributed by atoms with Crippen molar-refractivity contribution in [2.24, 2.45) is 7.05 Å². The van der Waals surface area contributed by atoms with Crippen LogP contribution in [0, 0.1) is 0 Å². The zero-order valence-electron chi connectivity index (χ0n) is 9.93. The summed E-state index contributed by atoms with van der Waals surface area (Å²) in [6.07, 6.45) is 4.43. The van der Waals surface area contributed by atoms with Crippen LogP contribution in [0.3, 0.4) is 0 Å². The molecule has 2 N–H and O–H groups in total. The van der Waals surface area contributed by atoms with Crippen LogP contribution in [0.2, 0.25) is 0 Å². The highest BCUT2D eigenvalue weighted by molar-refractivity contribution is 5.44. The van der Waals surface area contributed by atoms with E-state index >= 15 is 0 Å².